The van der Waals surface area contributed by atoms with Crippen LogP contribution in [0.5, 0.6) is 0 Å². The summed E-state index contributed by atoms with van der Waals surface area (Å²) in [7, 11) is 0. The van der Waals surface area contributed by atoms with Gasteiger partial charge in [-0.3, -0.25) is 9.78 Å². The largest absolute Gasteiger partial charge is 0.322 e. The molecule has 1 N–H and O–H groups in total. The molecule has 136 valence electrons. The summed E-state index contributed by atoms with van der Waals surface area (Å²) in [5.41, 5.74) is 2.90. The summed E-state index contributed by atoms with van der Waals surface area (Å²) in [5.74, 6) is -0.227. The van der Waals surface area contributed by atoms with E-state index in [1.165, 1.54) is 30.5 Å². The monoisotopic (exact) mass is 370 g/mol. The number of amides is 1. The number of hydrogen-bond donors (Lipinski definition) is 1. The van der Waals surface area contributed by atoms with Gasteiger partial charge in [-0.05, 0) is 36.4 Å². The number of carbonyl (C=O) groups excluding carboxylic acids is 1. The highest BCUT2D eigenvalue weighted by Crippen LogP contribution is 2.25. The van der Waals surface area contributed by atoms with Gasteiger partial charge in [-0.15, -0.1) is 0 Å². The molecule has 0 saturated carbocycles. The van der Waals surface area contributed by atoms with Gasteiger partial charge in [0.05, 0.1) is 11.3 Å². The molecule has 0 bridgehead atoms. The van der Waals surface area contributed by atoms with Crippen LogP contribution in [0.3, 0.4) is 0 Å². The molecular formula is C22H15FN4O. The topological polar surface area (TPSA) is 67.8 Å². The molecule has 0 fully saturated rings. The third-order valence-corrected chi connectivity index (χ3v) is 4.12. The lowest BCUT2D eigenvalue weighted by atomic mass is 10.1. The summed E-state index contributed by atoms with van der Waals surface area (Å²) in [4.78, 5) is 25.9. The van der Waals surface area contributed by atoms with Gasteiger partial charge in [0.1, 0.15) is 5.82 Å². The van der Waals surface area contributed by atoms with Gasteiger partial charge in [0.15, 0.2) is 5.82 Å². The van der Waals surface area contributed by atoms with Crippen molar-refractivity contribution in [1.29, 1.82) is 0 Å². The fraction of sp³-hybridized carbons (Fsp3) is 0. The number of nitrogens with zero attached hydrogens (tertiary/aromatic N) is 3. The molecule has 4 aromatic rings. The Morgan fingerprint density at radius 1 is 0.857 bits per heavy atom. The number of anilines is 1. The molecule has 0 atom stereocenters. The molecule has 2 aromatic heterocycles. The predicted octanol–water partition coefficient (Wildman–Crippen LogP) is 4.60. The maximum atomic E-state index is 13.1. The lowest BCUT2D eigenvalue weighted by Gasteiger charge is -2.11. The Bertz CT molecular complexity index is 1100. The lowest BCUT2D eigenvalue weighted by molar-refractivity contribution is 0.102. The van der Waals surface area contributed by atoms with Crippen molar-refractivity contribution in [3.8, 4) is 22.6 Å². The van der Waals surface area contributed by atoms with Gasteiger partial charge in [0, 0.05) is 35.4 Å². The zero-order valence-electron chi connectivity index (χ0n) is 14.7. The molecule has 0 unspecified atom stereocenters. The molecule has 28 heavy (non-hydrogen) atoms. The maximum Gasteiger partial charge on any atom is 0.259 e. The van der Waals surface area contributed by atoms with Gasteiger partial charge in [-0.25, -0.2) is 14.4 Å². The summed E-state index contributed by atoms with van der Waals surface area (Å²) in [6.07, 6.45) is 4.78. The SMILES string of the molecule is O=C(Nc1ccc(F)cc1)c1cnc(-c2ccccc2)nc1-c1ccncc1. The van der Waals surface area contributed by atoms with Crippen molar-refractivity contribution in [1.82, 2.24) is 15.0 Å². The lowest BCUT2D eigenvalue weighted by Crippen LogP contribution is -2.15. The van der Waals surface area contributed by atoms with E-state index >= 15 is 0 Å². The summed E-state index contributed by atoms with van der Waals surface area (Å²) < 4.78 is 13.1. The number of hydrogen-bond acceptors (Lipinski definition) is 4. The highest BCUT2D eigenvalue weighted by atomic mass is 19.1. The minimum absolute atomic E-state index is 0.315. The van der Waals surface area contributed by atoms with Crippen molar-refractivity contribution in [2.75, 3.05) is 5.32 Å². The number of nitrogens with one attached hydrogen (secondary N) is 1. The normalized spacial score (nSPS) is 10.5. The van der Waals surface area contributed by atoms with Crippen LogP contribution in [0.2, 0.25) is 0 Å². The van der Waals surface area contributed by atoms with Crippen LogP contribution >= 0.6 is 0 Å². The number of halogens is 1. The van der Waals surface area contributed by atoms with Crippen molar-refractivity contribution < 1.29 is 9.18 Å². The van der Waals surface area contributed by atoms with Crippen LogP contribution in [0, 0.1) is 5.82 Å². The summed E-state index contributed by atoms with van der Waals surface area (Å²) >= 11 is 0. The second-order valence-electron chi connectivity index (χ2n) is 6.02. The van der Waals surface area contributed by atoms with Crippen LogP contribution in [0.25, 0.3) is 22.6 Å². The molecule has 0 aliphatic heterocycles. The number of benzene rings is 2. The van der Waals surface area contributed by atoms with Gasteiger partial charge >= 0.3 is 0 Å². The van der Waals surface area contributed by atoms with Crippen LogP contribution in [0.4, 0.5) is 10.1 Å². The second kappa shape index (κ2) is 7.75. The Morgan fingerprint density at radius 3 is 2.29 bits per heavy atom. The quantitative estimate of drug-likeness (QED) is 0.570. The molecule has 2 heterocycles. The van der Waals surface area contributed by atoms with Crippen LogP contribution in [-0.4, -0.2) is 20.9 Å². The predicted molar refractivity (Wildman–Crippen MR) is 105 cm³/mol. The smallest absolute Gasteiger partial charge is 0.259 e. The van der Waals surface area contributed by atoms with Crippen LogP contribution in [0.15, 0.2) is 85.3 Å². The molecule has 6 heteroatoms. The van der Waals surface area contributed by atoms with Gasteiger partial charge < -0.3 is 5.32 Å². The summed E-state index contributed by atoms with van der Waals surface area (Å²) in [6.45, 7) is 0. The third-order valence-electron chi connectivity index (χ3n) is 4.12. The molecule has 0 aliphatic rings. The maximum absolute atomic E-state index is 13.1. The number of rotatable bonds is 4. The van der Waals surface area contributed by atoms with E-state index in [2.05, 4.69) is 20.3 Å². The Hall–Kier alpha value is -3.93. The van der Waals surface area contributed by atoms with Crippen molar-refractivity contribution in [3.63, 3.8) is 0 Å². The van der Waals surface area contributed by atoms with E-state index < -0.39 is 0 Å². The van der Waals surface area contributed by atoms with Gasteiger partial charge in [0.2, 0.25) is 0 Å². The Morgan fingerprint density at radius 2 is 1.57 bits per heavy atom. The molecule has 0 radical (unpaired) electrons. The zero-order chi connectivity index (χ0) is 19.3. The second-order valence-corrected chi connectivity index (χ2v) is 6.02. The van der Waals surface area contributed by atoms with E-state index in [-0.39, 0.29) is 11.7 Å². The molecule has 5 nitrogen and oxygen atoms in total. The average molecular weight is 370 g/mol. The van der Waals surface area contributed by atoms with Gasteiger partial charge in [-0.1, -0.05) is 30.3 Å². The highest BCUT2D eigenvalue weighted by molar-refractivity contribution is 6.08. The van der Waals surface area contributed by atoms with Crippen molar-refractivity contribution in [2.45, 2.75) is 0 Å². The molecule has 4 rings (SSSR count). The van der Waals surface area contributed by atoms with Crippen molar-refractivity contribution in [2.24, 2.45) is 0 Å². The van der Waals surface area contributed by atoms with Crippen molar-refractivity contribution >= 4 is 11.6 Å². The van der Waals surface area contributed by atoms with E-state index in [4.69, 9.17) is 0 Å². The fourth-order valence-electron chi connectivity index (χ4n) is 2.74. The van der Waals surface area contributed by atoms with Gasteiger partial charge in [-0.2, -0.15) is 0 Å². The summed E-state index contributed by atoms with van der Waals surface area (Å²) in [6, 6.07) is 18.7. The van der Waals surface area contributed by atoms with E-state index in [0.717, 1.165) is 11.1 Å². The molecular weight excluding hydrogens is 355 g/mol. The van der Waals surface area contributed by atoms with Gasteiger partial charge in [0.25, 0.3) is 5.91 Å². The van der Waals surface area contributed by atoms with Crippen LogP contribution < -0.4 is 5.32 Å². The van der Waals surface area contributed by atoms with E-state index in [1.54, 1.807) is 24.5 Å². The molecule has 1 amide bonds. The Balaban J connectivity index is 1.75. The van der Waals surface area contributed by atoms with E-state index in [1.807, 2.05) is 30.3 Å². The molecule has 0 spiro atoms. The molecule has 0 aliphatic carbocycles. The first-order chi connectivity index (χ1) is 13.7. The first kappa shape index (κ1) is 17.5. The number of pyridine rings is 1. The number of aromatic nitrogens is 3. The fourth-order valence-corrected chi connectivity index (χ4v) is 2.74. The summed E-state index contributed by atoms with van der Waals surface area (Å²) in [5, 5.41) is 2.75. The minimum atomic E-state index is -0.377. The number of carbonyl (C=O) groups is 1. The standard InChI is InChI=1S/C22H15FN4O/c23-17-6-8-18(9-7-17)26-22(28)19-14-25-21(16-4-2-1-3-5-16)27-20(19)15-10-12-24-13-11-15/h1-14H,(H,26,28). The van der Waals surface area contributed by atoms with Crippen molar-refractivity contribution in [3.05, 3.63) is 96.7 Å². The zero-order valence-corrected chi connectivity index (χ0v) is 14.7. The average Bonchev–Trinajstić information content (AvgIpc) is 2.76. The highest BCUT2D eigenvalue weighted by Gasteiger charge is 2.17. The van der Waals surface area contributed by atoms with Crippen LogP contribution in [0.1, 0.15) is 10.4 Å². The third kappa shape index (κ3) is 3.76. The molecule has 0 saturated heterocycles. The minimum Gasteiger partial charge on any atom is -0.322 e. The van der Waals surface area contributed by atoms with Crippen LogP contribution in [-0.2, 0) is 0 Å². The first-order valence-corrected chi connectivity index (χ1v) is 8.60. The molecule has 2 aromatic carbocycles. The Labute approximate surface area is 161 Å². The van der Waals surface area contributed by atoms with E-state index in [0.29, 0.717) is 22.8 Å². The Kier molecular flexibility index (Phi) is 4.84. The first-order valence-electron chi connectivity index (χ1n) is 8.60. The van der Waals surface area contributed by atoms with E-state index in [9.17, 15) is 9.18 Å².